The molecule has 0 N–H and O–H groups in total. The summed E-state index contributed by atoms with van der Waals surface area (Å²) >= 11 is 0. The van der Waals surface area contributed by atoms with Gasteiger partial charge in [-0.15, -0.1) is 0 Å². The summed E-state index contributed by atoms with van der Waals surface area (Å²) < 4.78 is 0. The lowest BCUT2D eigenvalue weighted by Crippen LogP contribution is -2.26. The first-order valence-electron chi connectivity index (χ1n) is 16.4. The van der Waals surface area contributed by atoms with E-state index >= 15 is 0 Å². The zero-order valence-corrected chi connectivity index (χ0v) is 26.1. The predicted molar refractivity (Wildman–Crippen MR) is 197 cm³/mol. The maximum Gasteiger partial charge on any atom is 0.0991 e. The minimum absolute atomic E-state index is 0.435. The molecule has 10 rings (SSSR count). The Labute approximate surface area is 279 Å². The van der Waals surface area contributed by atoms with E-state index in [1.54, 1.807) is 0 Å². The normalized spacial score (nSPS) is 13.1. The van der Waals surface area contributed by atoms with Gasteiger partial charge in [-0.25, -0.2) is 0 Å². The quantitative estimate of drug-likeness (QED) is 0.199. The summed E-state index contributed by atoms with van der Waals surface area (Å²) in [5.41, 5.74) is 14.0. The van der Waals surface area contributed by atoms with Gasteiger partial charge in [-0.2, -0.15) is 5.26 Å². The Morgan fingerprint density at radius 3 is 1.73 bits per heavy atom. The molecule has 0 saturated carbocycles. The van der Waals surface area contributed by atoms with E-state index in [2.05, 4.69) is 150 Å². The van der Waals surface area contributed by atoms with Crippen LogP contribution in [0.4, 0.5) is 17.1 Å². The summed E-state index contributed by atoms with van der Waals surface area (Å²) in [5, 5.41) is 14.4. The third kappa shape index (κ3) is 3.56. The lowest BCUT2D eigenvalue weighted by Gasteiger charge is -2.32. The molecule has 0 bridgehead atoms. The van der Waals surface area contributed by atoms with E-state index in [4.69, 9.17) is 0 Å². The van der Waals surface area contributed by atoms with Crippen molar-refractivity contribution in [2.75, 3.05) is 4.90 Å². The molecule has 0 atom stereocenters. The highest BCUT2D eigenvalue weighted by atomic mass is 15.1. The van der Waals surface area contributed by atoms with Crippen LogP contribution in [0.3, 0.4) is 0 Å². The van der Waals surface area contributed by atoms with E-state index < -0.39 is 5.41 Å². The van der Waals surface area contributed by atoms with Gasteiger partial charge in [0.2, 0.25) is 0 Å². The molecule has 0 radical (unpaired) electrons. The average molecular weight is 609 g/mol. The van der Waals surface area contributed by atoms with Gasteiger partial charge in [-0.1, -0.05) is 109 Å². The fourth-order valence-electron chi connectivity index (χ4n) is 8.50. The molecular formula is C46H28N2. The SMILES string of the molecule is N#Cc1ccc(N(c2ccccc2)c2ccc3c4c(ccc3c2)-c2cc3ccccc3cc2C42c3ccccc3-c3ccccc32)cc1. The number of fused-ring (bicyclic) bond motifs is 13. The van der Waals surface area contributed by atoms with Crippen LogP contribution in [0.25, 0.3) is 43.8 Å². The van der Waals surface area contributed by atoms with Crippen LogP contribution in [0.2, 0.25) is 0 Å². The number of benzene rings is 8. The average Bonchev–Trinajstić information content (AvgIpc) is 3.61. The highest BCUT2D eigenvalue weighted by molar-refractivity contribution is 6.07. The molecule has 2 aliphatic rings. The van der Waals surface area contributed by atoms with Crippen molar-refractivity contribution < 1.29 is 0 Å². The van der Waals surface area contributed by atoms with Crippen molar-refractivity contribution in [3.8, 4) is 28.3 Å². The molecule has 48 heavy (non-hydrogen) atoms. The molecule has 2 nitrogen and oxygen atoms in total. The minimum atomic E-state index is -0.435. The van der Waals surface area contributed by atoms with Crippen molar-refractivity contribution in [2.24, 2.45) is 0 Å². The van der Waals surface area contributed by atoms with Crippen molar-refractivity contribution in [1.29, 1.82) is 5.26 Å². The van der Waals surface area contributed by atoms with Crippen LogP contribution in [-0.4, -0.2) is 0 Å². The lowest BCUT2D eigenvalue weighted by molar-refractivity contribution is 0.802. The van der Waals surface area contributed by atoms with E-state index in [0.29, 0.717) is 5.56 Å². The second-order valence-corrected chi connectivity index (χ2v) is 12.8. The Kier molecular flexibility index (Phi) is 5.59. The van der Waals surface area contributed by atoms with Crippen LogP contribution in [0.1, 0.15) is 27.8 Å². The number of rotatable bonds is 3. The highest BCUT2D eigenvalue weighted by Gasteiger charge is 2.52. The smallest absolute Gasteiger partial charge is 0.0991 e. The molecule has 222 valence electrons. The number of anilines is 3. The summed E-state index contributed by atoms with van der Waals surface area (Å²) in [4.78, 5) is 2.27. The number of nitrogens with zero attached hydrogens (tertiary/aromatic N) is 2. The topological polar surface area (TPSA) is 27.0 Å². The fourth-order valence-corrected chi connectivity index (χ4v) is 8.50. The van der Waals surface area contributed by atoms with Gasteiger partial charge in [-0.05, 0) is 127 Å². The summed E-state index contributed by atoms with van der Waals surface area (Å²) in [6.07, 6.45) is 0. The number of nitriles is 1. The first kappa shape index (κ1) is 26.8. The Morgan fingerprint density at radius 2 is 1.02 bits per heavy atom. The summed E-state index contributed by atoms with van der Waals surface area (Å²) in [6, 6.07) is 63.7. The van der Waals surface area contributed by atoms with Crippen molar-refractivity contribution >= 4 is 38.6 Å². The van der Waals surface area contributed by atoms with Gasteiger partial charge in [-0.3, -0.25) is 0 Å². The molecule has 8 aromatic rings. The Morgan fingerprint density at radius 1 is 0.417 bits per heavy atom. The fraction of sp³-hybridized carbons (Fsp3) is 0.0217. The van der Waals surface area contributed by atoms with E-state index in [1.807, 2.05) is 30.3 Å². The summed E-state index contributed by atoms with van der Waals surface area (Å²) in [6.45, 7) is 0. The first-order valence-corrected chi connectivity index (χ1v) is 16.4. The number of hydrogen-bond acceptors (Lipinski definition) is 2. The Hall–Kier alpha value is -6.43. The van der Waals surface area contributed by atoms with Crippen molar-refractivity contribution in [2.45, 2.75) is 5.41 Å². The molecular weight excluding hydrogens is 581 g/mol. The van der Waals surface area contributed by atoms with Crippen molar-refractivity contribution in [3.63, 3.8) is 0 Å². The summed E-state index contributed by atoms with van der Waals surface area (Å²) in [7, 11) is 0. The van der Waals surface area contributed by atoms with Crippen LogP contribution in [0.15, 0.2) is 170 Å². The Bertz CT molecular complexity index is 2580. The van der Waals surface area contributed by atoms with Gasteiger partial charge in [0.15, 0.2) is 0 Å². The van der Waals surface area contributed by atoms with Gasteiger partial charge in [0.05, 0.1) is 17.0 Å². The van der Waals surface area contributed by atoms with Crippen LogP contribution >= 0.6 is 0 Å². The second-order valence-electron chi connectivity index (χ2n) is 12.8. The zero-order chi connectivity index (χ0) is 31.8. The van der Waals surface area contributed by atoms with E-state index in [-0.39, 0.29) is 0 Å². The maximum atomic E-state index is 9.46. The lowest BCUT2D eigenvalue weighted by atomic mass is 9.69. The molecule has 1 spiro atoms. The third-order valence-electron chi connectivity index (χ3n) is 10.4. The molecule has 0 amide bonds. The standard InChI is InChI=1S/C46H28N2/c47-29-30-18-21-35(22-19-30)48(34-12-2-1-3-13-34)36-23-25-37-33(26-36)20-24-40-41-27-31-10-4-5-11-32(31)28-44(41)46(45(37)40)42-16-8-6-14-38(42)39-15-7-9-17-43(39)46/h1-28H. The van der Waals surface area contributed by atoms with E-state index in [1.165, 1.54) is 66.1 Å². The molecule has 0 saturated heterocycles. The van der Waals surface area contributed by atoms with Gasteiger partial charge in [0, 0.05) is 17.1 Å². The third-order valence-corrected chi connectivity index (χ3v) is 10.4. The zero-order valence-electron chi connectivity index (χ0n) is 26.1. The van der Waals surface area contributed by atoms with Gasteiger partial charge < -0.3 is 4.90 Å². The molecule has 8 aromatic carbocycles. The maximum absolute atomic E-state index is 9.46. The van der Waals surface area contributed by atoms with E-state index in [0.717, 1.165) is 17.1 Å². The van der Waals surface area contributed by atoms with Crippen molar-refractivity contribution in [3.05, 3.63) is 198 Å². The molecule has 0 unspecified atom stereocenters. The molecule has 0 fully saturated rings. The minimum Gasteiger partial charge on any atom is -0.310 e. The molecule has 0 aromatic heterocycles. The molecule has 0 heterocycles. The Balaban J connectivity index is 1.28. The number of para-hydroxylation sites is 1. The monoisotopic (exact) mass is 608 g/mol. The molecule has 0 aliphatic heterocycles. The molecule has 2 heteroatoms. The van der Waals surface area contributed by atoms with Crippen LogP contribution in [-0.2, 0) is 5.41 Å². The van der Waals surface area contributed by atoms with Crippen LogP contribution in [0.5, 0.6) is 0 Å². The van der Waals surface area contributed by atoms with Crippen LogP contribution < -0.4 is 4.90 Å². The van der Waals surface area contributed by atoms with Crippen LogP contribution in [0, 0.1) is 11.3 Å². The summed E-state index contributed by atoms with van der Waals surface area (Å²) in [5.74, 6) is 0. The van der Waals surface area contributed by atoms with Gasteiger partial charge in [0.25, 0.3) is 0 Å². The first-order chi connectivity index (χ1) is 23.8. The van der Waals surface area contributed by atoms with Gasteiger partial charge in [0.1, 0.15) is 0 Å². The van der Waals surface area contributed by atoms with E-state index in [9.17, 15) is 5.26 Å². The highest BCUT2D eigenvalue weighted by Crippen LogP contribution is 2.64. The van der Waals surface area contributed by atoms with Gasteiger partial charge >= 0.3 is 0 Å². The predicted octanol–water partition coefficient (Wildman–Crippen LogP) is 11.7. The largest absolute Gasteiger partial charge is 0.310 e. The molecule has 2 aliphatic carbocycles. The second kappa shape index (κ2) is 10.0. The number of hydrogen-bond donors (Lipinski definition) is 0. The van der Waals surface area contributed by atoms with Crippen molar-refractivity contribution in [1.82, 2.24) is 0 Å².